The second kappa shape index (κ2) is 6.83. The SMILES string of the molecule is CCN(Cc1ccccc1)C(=O)CN1C[C@@H](O)[C@@H](O)C1. The van der Waals surface area contributed by atoms with E-state index in [1.54, 1.807) is 9.80 Å². The van der Waals surface area contributed by atoms with Crippen molar-refractivity contribution in [2.75, 3.05) is 26.2 Å². The predicted octanol–water partition coefficient (Wildman–Crippen LogP) is 0.0725. The van der Waals surface area contributed by atoms with Crippen LogP contribution in [-0.4, -0.2) is 64.3 Å². The Morgan fingerprint density at radius 3 is 2.40 bits per heavy atom. The first-order chi connectivity index (χ1) is 9.60. The summed E-state index contributed by atoms with van der Waals surface area (Å²) >= 11 is 0. The largest absolute Gasteiger partial charge is 0.389 e. The molecule has 2 rings (SSSR count). The van der Waals surface area contributed by atoms with Gasteiger partial charge in [0.2, 0.25) is 5.91 Å². The molecule has 5 heteroatoms. The van der Waals surface area contributed by atoms with Crippen LogP contribution < -0.4 is 0 Å². The van der Waals surface area contributed by atoms with Gasteiger partial charge in [-0.3, -0.25) is 9.69 Å². The molecule has 0 saturated carbocycles. The highest BCUT2D eigenvalue weighted by molar-refractivity contribution is 5.78. The number of aliphatic hydroxyl groups excluding tert-OH is 2. The maximum Gasteiger partial charge on any atom is 0.237 e. The zero-order chi connectivity index (χ0) is 14.5. The fourth-order valence-electron chi connectivity index (χ4n) is 2.45. The molecular weight excluding hydrogens is 256 g/mol. The maximum atomic E-state index is 12.3. The lowest BCUT2D eigenvalue weighted by atomic mass is 10.2. The average molecular weight is 278 g/mol. The highest BCUT2D eigenvalue weighted by Crippen LogP contribution is 2.11. The minimum atomic E-state index is -0.744. The van der Waals surface area contributed by atoms with Crippen molar-refractivity contribution in [3.63, 3.8) is 0 Å². The first-order valence-electron chi connectivity index (χ1n) is 7.00. The molecule has 110 valence electrons. The molecule has 1 aliphatic rings. The summed E-state index contributed by atoms with van der Waals surface area (Å²) in [6.07, 6.45) is -1.49. The van der Waals surface area contributed by atoms with E-state index in [-0.39, 0.29) is 12.5 Å². The van der Waals surface area contributed by atoms with Crippen LogP contribution in [0.5, 0.6) is 0 Å². The molecule has 1 aliphatic heterocycles. The van der Waals surface area contributed by atoms with Crippen LogP contribution in [0.15, 0.2) is 30.3 Å². The molecule has 1 saturated heterocycles. The third-order valence-electron chi connectivity index (χ3n) is 3.64. The number of benzene rings is 1. The van der Waals surface area contributed by atoms with Gasteiger partial charge in [-0.25, -0.2) is 0 Å². The Kier molecular flexibility index (Phi) is 5.11. The summed E-state index contributed by atoms with van der Waals surface area (Å²) in [6, 6.07) is 9.87. The number of carbonyl (C=O) groups is 1. The molecule has 0 radical (unpaired) electrons. The lowest BCUT2D eigenvalue weighted by Gasteiger charge is -2.24. The summed E-state index contributed by atoms with van der Waals surface area (Å²) in [4.78, 5) is 15.9. The molecule has 1 aromatic carbocycles. The standard InChI is InChI=1S/C15H22N2O3/c1-2-17(8-12-6-4-3-5-7-12)15(20)11-16-9-13(18)14(19)10-16/h3-7,13-14,18-19H,2,8-11H2,1H3/t13-,14+. The Morgan fingerprint density at radius 1 is 1.25 bits per heavy atom. The van der Waals surface area contributed by atoms with Crippen LogP contribution in [0.4, 0.5) is 0 Å². The summed E-state index contributed by atoms with van der Waals surface area (Å²) in [5, 5.41) is 19.0. The molecule has 5 nitrogen and oxygen atoms in total. The molecule has 2 N–H and O–H groups in total. The lowest BCUT2D eigenvalue weighted by molar-refractivity contribution is -0.132. The zero-order valence-electron chi connectivity index (χ0n) is 11.8. The number of nitrogens with zero attached hydrogens (tertiary/aromatic N) is 2. The van der Waals surface area contributed by atoms with Crippen LogP contribution in [0, 0.1) is 0 Å². The topological polar surface area (TPSA) is 64.0 Å². The predicted molar refractivity (Wildman–Crippen MR) is 76.0 cm³/mol. The van der Waals surface area contributed by atoms with Crippen molar-refractivity contribution in [2.24, 2.45) is 0 Å². The number of hydrogen-bond acceptors (Lipinski definition) is 4. The van der Waals surface area contributed by atoms with Gasteiger partial charge in [-0.05, 0) is 12.5 Å². The number of likely N-dealkylation sites (N-methyl/N-ethyl adjacent to an activating group) is 1. The van der Waals surface area contributed by atoms with E-state index >= 15 is 0 Å². The van der Waals surface area contributed by atoms with Crippen molar-refractivity contribution in [1.29, 1.82) is 0 Å². The van der Waals surface area contributed by atoms with E-state index in [0.29, 0.717) is 26.2 Å². The summed E-state index contributed by atoms with van der Waals surface area (Å²) in [5.41, 5.74) is 1.10. The van der Waals surface area contributed by atoms with E-state index in [9.17, 15) is 15.0 Å². The molecular formula is C15H22N2O3. The number of hydrogen-bond donors (Lipinski definition) is 2. The van der Waals surface area contributed by atoms with Gasteiger partial charge in [-0.1, -0.05) is 30.3 Å². The maximum absolute atomic E-state index is 12.3. The van der Waals surface area contributed by atoms with Gasteiger partial charge in [0, 0.05) is 26.2 Å². The number of carbonyl (C=O) groups excluding carboxylic acids is 1. The highest BCUT2D eigenvalue weighted by atomic mass is 16.3. The van der Waals surface area contributed by atoms with Gasteiger partial charge in [0.15, 0.2) is 0 Å². The van der Waals surface area contributed by atoms with Gasteiger partial charge in [0.05, 0.1) is 18.8 Å². The van der Waals surface area contributed by atoms with E-state index in [1.165, 1.54) is 0 Å². The van der Waals surface area contributed by atoms with E-state index in [0.717, 1.165) is 5.56 Å². The summed E-state index contributed by atoms with van der Waals surface area (Å²) in [6.45, 7) is 4.15. The van der Waals surface area contributed by atoms with Gasteiger partial charge >= 0.3 is 0 Å². The monoisotopic (exact) mass is 278 g/mol. The lowest BCUT2D eigenvalue weighted by Crippen LogP contribution is -2.39. The van der Waals surface area contributed by atoms with Crippen LogP contribution in [0.25, 0.3) is 0 Å². The van der Waals surface area contributed by atoms with Gasteiger partial charge in [0.1, 0.15) is 0 Å². The van der Waals surface area contributed by atoms with E-state index in [4.69, 9.17) is 0 Å². The first-order valence-corrected chi connectivity index (χ1v) is 7.00. The molecule has 2 atom stereocenters. The van der Waals surface area contributed by atoms with E-state index < -0.39 is 12.2 Å². The Hall–Kier alpha value is -1.43. The van der Waals surface area contributed by atoms with Crippen LogP contribution in [-0.2, 0) is 11.3 Å². The molecule has 20 heavy (non-hydrogen) atoms. The van der Waals surface area contributed by atoms with Crippen molar-refractivity contribution in [1.82, 2.24) is 9.80 Å². The van der Waals surface area contributed by atoms with Crippen LogP contribution in [0.3, 0.4) is 0 Å². The van der Waals surface area contributed by atoms with Gasteiger partial charge in [-0.15, -0.1) is 0 Å². The second-order valence-electron chi connectivity index (χ2n) is 5.22. The minimum Gasteiger partial charge on any atom is -0.389 e. The Bertz CT molecular complexity index is 428. The Morgan fingerprint density at radius 2 is 1.85 bits per heavy atom. The fraction of sp³-hybridized carbons (Fsp3) is 0.533. The summed E-state index contributed by atoms with van der Waals surface area (Å²) in [5.74, 6) is 0.0256. The minimum absolute atomic E-state index is 0.0256. The molecule has 0 spiro atoms. The highest BCUT2D eigenvalue weighted by Gasteiger charge is 2.31. The molecule has 1 amide bonds. The first kappa shape index (κ1) is 15.0. The van der Waals surface area contributed by atoms with Crippen molar-refractivity contribution in [3.8, 4) is 0 Å². The van der Waals surface area contributed by atoms with Crippen LogP contribution in [0.2, 0.25) is 0 Å². The average Bonchev–Trinajstić information content (AvgIpc) is 2.75. The fourth-order valence-corrected chi connectivity index (χ4v) is 2.45. The number of rotatable bonds is 5. The summed E-state index contributed by atoms with van der Waals surface area (Å²) < 4.78 is 0. The van der Waals surface area contributed by atoms with Gasteiger partial charge < -0.3 is 15.1 Å². The van der Waals surface area contributed by atoms with Gasteiger partial charge in [-0.2, -0.15) is 0 Å². The van der Waals surface area contributed by atoms with Gasteiger partial charge in [0.25, 0.3) is 0 Å². The number of aliphatic hydroxyl groups is 2. The second-order valence-corrected chi connectivity index (χ2v) is 5.22. The normalized spacial score (nSPS) is 22.9. The van der Waals surface area contributed by atoms with E-state index in [1.807, 2.05) is 37.3 Å². The smallest absolute Gasteiger partial charge is 0.237 e. The Balaban J connectivity index is 1.89. The van der Waals surface area contributed by atoms with Crippen molar-refractivity contribution >= 4 is 5.91 Å². The third-order valence-corrected chi connectivity index (χ3v) is 3.64. The molecule has 0 aliphatic carbocycles. The van der Waals surface area contributed by atoms with Crippen molar-refractivity contribution in [3.05, 3.63) is 35.9 Å². The zero-order valence-corrected chi connectivity index (χ0v) is 11.8. The number of likely N-dealkylation sites (tertiary alicyclic amines) is 1. The number of amides is 1. The van der Waals surface area contributed by atoms with Crippen LogP contribution in [0.1, 0.15) is 12.5 Å². The van der Waals surface area contributed by atoms with E-state index in [2.05, 4.69) is 0 Å². The Labute approximate surface area is 119 Å². The van der Waals surface area contributed by atoms with Crippen molar-refractivity contribution < 1.29 is 15.0 Å². The molecule has 1 fully saturated rings. The molecule has 0 unspecified atom stereocenters. The molecule has 1 aromatic rings. The third kappa shape index (κ3) is 3.79. The number of β-amino-alcohol motifs (C(OH)–C–C–N with tert-alkyl or cyclic N) is 2. The van der Waals surface area contributed by atoms with Crippen molar-refractivity contribution in [2.45, 2.75) is 25.7 Å². The molecule has 1 heterocycles. The quantitative estimate of drug-likeness (QED) is 0.800. The van der Waals surface area contributed by atoms with Crippen LogP contribution >= 0.6 is 0 Å². The summed E-state index contributed by atoms with van der Waals surface area (Å²) in [7, 11) is 0. The molecule has 0 bridgehead atoms. The molecule has 0 aromatic heterocycles.